The van der Waals surface area contributed by atoms with Gasteiger partial charge in [0.25, 0.3) is 5.91 Å². The van der Waals surface area contributed by atoms with Crippen molar-refractivity contribution in [2.45, 2.75) is 6.61 Å². The Hall–Kier alpha value is -2.74. The Bertz CT molecular complexity index is 909. The summed E-state index contributed by atoms with van der Waals surface area (Å²) in [4.78, 5) is 28.3. The molecule has 0 radical (unpaired) electrons. The topological polar surface area (TPSA) is 85.1 Å². The van der Waals surface area contributed by atoms with Crippen LogP contribution in [0.2, 0.25) is 0 Å². The van der Waals surface area contributed by atoms with Crippen LogP contribution in [0.4, 0.5) is 5.69 Å². The van der Waals surface area contributed by atoms with E-state index in [0.29, 0.717) is 18.7 Å². The van der Waals surface area contributed by atoms with Crippen molar-refractivity contribution >= 4 is 17.5 Å². The summed E-state index contributed by atoms with van der Waals surface area (Å²) in [5.41, 5.74) is 9.58. The van der Waals surface area contributed by atoms with E-state index in [2.05, 4.69) is 4.90 Å². The molecule has 0 aromatic heterocycles. The molecule has 1 fully saturated rings. The number of morpholine rings is 1. The first-order valence-electron chi connectivity index (χ1n) is 9.83. The van der Waals surface area contributed by atoms with Gasteiger partial charge in [0.05, 0.1) is 19.8 Å². The summed E-state index contributed by atoms with van der Waals surface area (Å²) in [6.07, 6.45) is 0. The lowest BCUT2D eigenvalue weighted by molar-refractivity contribution is -0.123. The number of primary amides is 1. The highest BCUT2D eigenvalue weighted by atomic mass is 16.5. The van der Waals surface area contributed by atoms with E-state index >= 15 is 0 Å². The van der Waals surface area contributed by atoms with Gasteiger partial charge in [0.2, 0.25) is 5.91 Å². The molecule has 0 aliphatic carbocycles. The molecule has 2 aromatic carbocycles. The third kappa shape index (κ3) is 4.48. The number of amides is 2. The Morgan fingerprint density at radius 2 is 1.76 bits per heavy atom. The van der Waals surface area contributed by atoms with Crippen molar-refractivity contribution in [2.75, 3.05) is 50.9 Å². The van der Waals surface area contributed by atoms with Gasteiger partial charge in [-0.3, -0.25) is 14.5 Å². The number of nitrogens with two attached hydrogens (primary N) is 1. The fraction of sp³-hybridized carbons (Fsp3) is 0.364. The Morgan fingerprint density at radius 3 is 2.55 bits per heavy atom. The van der Waals surface area contributed by atoms with E-state index in [4.69, 9.17) is 15.2 Å². The van der Waals surface area contributed by atoms with Gasteiger partial charge in [0, 0.05) is 43.0 Å². The standard InChI is InChI=1S/C22H25N3O4/c23-22(27)18-3-1-2-16(12-18)17-4-5-20-19(13-17)14-29-15-21(26)25(20)7-6-24-8-10-28-11-9-24/h1-5,12-13H,6-11,14-15H2,(H2,23,27). The van der Waals surface area contributed by atoms with Crippen LogP contribution >= 0.6 is 0 Å². The third-order valence-corrected chi connectivity index (χ3v) is 5.38. The molecule has 2 aromatic rings. The molecule has 0 bridgehead atoms. The maximum Gasteiger partial charge on any atom is 0.253 e. The second kappa shape index (κ2) is 8.73. The number of benzene rings is 2. The molecular formula is C22H25N3O4. The van der Waals surface area contributed by atoms with E-state index in [1.165, 1.54) is 0 Å². The van der Waals surface area contributed by atoms with Crippen LogP contribution in [0.25, 0.3) is 11.1 Å². The van der Waals surface area contributed by atoms with Crippen LogP contribution in [0.15, 0.2) is 42.5 Å². The smallest absolute Gasteiger partial charge is 0.253 e. The summed E-state index contributed by atoms with van der Waals surface area (Å²) >= 11 is 0. The van der Waals surface area contributed by atoms with Crippen LogP contribution in [-0.2, 0) is 20.9 Å². The molecule has 29 heavy (non-hydrogen) atoms. The summed E-state index contributed by atoms with van der Waals surface area (Å²) in [6.45, 7) is 5.12. The maximum atomic E-state index is 12.6. The summed E-state index contributed by atoms with van der Waals surface area (Å²) in [7, 11) is 0. The maximum absolute atomic E-state index is 12.6. The molecule has 2 N–H and O–H groups in total. The van der Waals surface area contributed by atoms with Crippen molar-refractivity contribution in [2.24, 2.45) is 5.73 Å². The van der Waals surface area contributed by atoms with Crippen molar-refractivity contribution in [3.8, 4) is 11.1 Å². The Kier molecular flexibility index (Phi) is 5.89. The van der Waals surface area contributed by atoms with Gasteiger partial charge in [0.1, 0.15) is 6.61 Å². The molecule has 2 heterocycles. The summed E-state index contributed by atoms with van der Waals surface area (Å²) in [5, 5.41) is 0. The molecule has 0 saturated carbocycles. The quantitative estimate of drug-likeness (QED) is 0.832. The summed E-state index contributed by atoms with van der Waals surface area (Å²) in [6, 6.07) is 13.2. The van der Waals surface area contributed by atoms with E-state index in [1.54, 1.807) is 12.1 Å². The minimum absolute atomic E-state index is 0.0273. The minimum Gasteiger partial charge on any atom is -0.379 e. The fourth-order valence-electron chi connectivity index (χ4n) is 3.77. The number of hydrogen-bond acceptors (Lipinski definition) is 5. The van der Waals surface area contributed by atoms with Crippen molar-refractivity contribution in [1.82, 2.24) is 4.90 Å². The molecule has 7 nitrogen and oxygen atoms in total. The zero-order chi connectivity index (χ0) is 20.2. The molecule has 2 aliphatic rings. The van der Waals surface area contributed by atoms with Crippen LogP contribution in [0.1, 0.15) is 15.9 Å². The zero-order valence-corrected chi connectivity index (χ0v) is 16.3. The number of carbonyl (C=O) groups excluding carboxylic acids is 2. The predicted molar refractivity (Wildman–Crippen MR) is 110 cm³/mol. The SMILES string of the molecule is NC(=O)c1cccc(-c2ccc3c(c2)COCC(=O)N3CCN2CCOCC2)c1. The minimum atomic E-state index is -0.454. The van der Waals surface area contributed by atoms with Gasteiger partial charge >= 0.3 is 0 Å². The molecule has 0 spiro atoms. The van der Waals surface area contributed by atoms with Crippen LogP contribution in [0.3, 0.4) is 0 Å². The number of anilines is 1. The van der Waals surface area contributed by atoms with Gasteiger partial charge in [-0.2, -0.15) is 0 Å². The zero-order valence-electron chi connectivity index (χ0n) is 16.3. The van der Waals surface area contributed by atoms with Crippen molar-refractivity contribution in [3.05, 3.63) is 53.6 Å². The van der Waals surface area contributed by atoms with Crippen molar-refractivity contribution in [1.29, 1.82) is 0 Å². The van der Waals surface area contributed by atoms with E-state index in [-0.39, 0.29) is 12.5 Å². The second-order valence-electron chi connectivity index (χ2n) is 7.28. The lowest BCUT2D eigenvalue weighted by atomic mass is 9.99. The Balaban J connectivity index is 1.59. The van der Waals surface area contributed by atoms with E-state index in [0.717, 1.165) is 55.2 Å². The molecular weight excluding hydrogens is 370 g/mol. The van der Waals surface area contributed by atoms with Gasteiger partial charge < -0.3 is 20.1 Å². The number of carbonyl (C=O) groups is 2. The lowest BCUT2D eigenvalue weighted by Gasteiger charge is -2.30. The number of fused-ring (bicyclic) bond motifs is 1. The van der Waals surface area contributed by atoms with Crippen molar-refractivity contribution < 1.29 is 19.1 Å². The highest BCUT2D eigenvalue weighted by Gasteiger charge is 2.24. The predicted octanol–water partition coefficient (Wildman–Crippen LogP) is 1.65. The third-order valence-electron chi connectivity index (χ3n) is 5.38. The molecule has 0 atom stereocenters. The van der Waals surface area contributed by atoms with Crippen LogP contribution in [0, 0.1) is 0 Å². The molecule has 0 unspecified atom stereocenters. The normalized spacial score (nSPS) is 17.7. The lowest BCUT2D eigenvalue weighted by Crippen LogP contribution is -2.43. The second-order valence-corrected chi connectivity index (χ2v) is 7.28. The molecule has 7 heteroatoms. The average Bonchev–Trinajstić information content (AvgIpc) is 2.90. The van der Waals surface area contributed by atoms with E-state index in [1.807, 2.05) is 35.2 Å². The van der Waals surface area contributed by atoms with Crippen LogP contribution in [-0.4, -0.2) is 62.7 Å². The number of hydrogen-bond donors (Lipinski definition) is 1. The Labute approximate surface area is 170 Å². The molecule has 1 saturated heterocycles. The first-order chi connectivity index (χ1) is 14.1. The number of nitrogens with zero attached hydrogens (tertiary/aromatic N) is 2. The largest absolute Gasteiger partial charge is 0.379 e. The average molecular weight is 395 g/mol. The molecule has 2 amide bonds. The van der Waals surface area contributed by atoms with E-state index in [9.17, 15) is 9.59 Å². The summed E-state index contributed by atoms with van der Waals surface area (Å²) in [5.74, 6) is -0.481. The number of rotatable bonds is 5. The highest BCUT2D eigenvalue weighted by molar-refractivity contribution is 5.96. The first-order valence-corrected chi connectivity index (χ1v) is 9.83. The number of ether oxygens (including phenoxy) is 2. The van der Waals surface area contributed by atoms with Gasteiger partial charge in [-0.05, 0) is 35.4 Å². The van der Waals surface area contributed by atoms with Crippen LogP contribution in [0.5, 0.6) is 0 Å². The van der Waals surface area contributed by atoms with Crippen LogP contribution < -0.4 is 10.6 Å². The van der Waals surface area contributed by atoms with Gasteiger partial charge in [-0.1, -0.05) is 18.2 Å². The van der Waals surface area contributed by atoms with Crippen molar-refractivity contribution in [3.63, 3.8) is 0 Å². The molecule has 2 aliphatic heterocycles. The van der Waals surface area contributed by atoms with Gasteiger partial charge in [-0.15, -0.1) is 0 Å². The Morgan fingerprint density at radius 1 is 0.966 bits per heavy atom. The summed E-state index contributed by atoms with van der Waals surface area (Å²) < 4.78 is 11.0. The monoisotopic (exact) mass is 395 g/mol. The van der Waals surface area contributed by atoms with Gasteiger partial charge in [0.15, 0.2) is 0 Å². The first kappa shape index (κ1) is 19.6. The molecule has 4 rings (SSSR count). The van der Waals surface area contributed by atoms with Gasteiger partial charge in [-0.25, -0.2) is 0 Å². The molecule has 152 valence electrons. The van der Waals surface area contributed by atoms with E-state index < -0.39 is 5.91 Å². The fourth-order valence-corrected chi connectivity index (χ4v) is 3.77. The highest BCUT2D eigenvalue weighted by Crippen LogP contribution is 2.30.